The molecule has 0 radical (unpaired) electrons. The summed E-state index contributed by atoms with van der Waals surface area (Å²) in [5.74, 6) is 0.182. The molecule has 1 aromatic rings. The molecule has 1 aromatic carbocycles. The van der Waals surface area contributed by atoms with E-state index in [1.165, 1.54) is 18.4 Å². The highest BCUT2D eigenvalue weighted by Crippen LogP contribution is 2.31. The van der Waals surface area contributed by atoms with Crippen molar-refractivity contribution in [3.8, 4) is 0 Å². The minimum absolute atomic E-state index is 0.117. The average molecular weight is 282 g/mol. The lowest BCUT2D eigenvalue weighted by molar-refractivity contribution is 0.121. The van der Waals surface area contributed by atoms with Gasteiger partial charge in [0.1, 0.15) is 0 Å². The summed E-state index contributed by atoms with van der Waals surface area (Å²) < 4.78 is 22.9. The zero-order chi connectivity index (χ0) is 13.9. The van der Waals surface area contributed by atoms with E-state index in [0.717, 1.165) is 12.0 Å². The number of hydrogen-bond acceptors (Lipinski definition) is 3. The summed E-state index contributed by atoms with van der Waals surface area (Å²) in [6.45, 7) is 2.17. The fourth-order valence-corrected chi connectivity index (χ4v) is 4.44. The molecule has 0 spiro atoms. The van der Waals surface area contributed by atoms with E-state index in [4.69, 9.17) is 0 Å². The number of aryl methyl sites for hydroxylation is 1. The third-order valence-corrected chi connectivity index (χ3v) is 5.65. The molecule has 2 rings (SSSR count). The third kappa shape index (κ3) is 3.80. The molecule has 1 fully saturated rings. The van der Waals surface area contributed by atoms with Crippen LogP contribution in [0.4, 0.5) is 0 Å². The average Bonchev–Trinajstić information content (AvgIpc) is 2.76. The van der Waals surface area contributed by atoms with Gasteiger partial charge in [0.15, 0.2) is 9.84 Å². The molecular weight excluding hydrogens is 260 g/mol. The summed E-state index contributed by atoms with van der Waals surface area (Å²) >= 11 is 0. The minimum Gasteiger partial charge on any atom is -0.388 e. The summed E-state index contributed by atoms with van der Waals surface area (Å²) in [6, 6.07) is 7.94. The normalized spacial score (nSPS) is 23.4. The molecule has 0 aliphatic carbocycles. The van der Waals surface area contributed by atoms with Crippen LogP contribution in [0.3, 0.4) is 0 Å². The Labute approximate surface area is 115 Å². The van der Waals surface area contributed by atoms with Crippen molar-refractivity contribution < 1.29 is 13.5 Å². The molecule has 3 nitrogen and oxygen atoms in total. The number of hydrogen-bond donors (Lipinski definition) is 1. The lowest BCUT2D eigenvalue weighted by Crippen LogP contribution is -2.14. The number of unbranched alkanes of at least 4 members (excludes halogenated alkanes) is 1. The Morgan fingerprint density at radius 3 is 2.53 bits per heavy atom. The molecule has 1 aliphatic rings. The highest BCUT2D eigenvalue weighted by Gasteiger charge is 2.33. The van der Waals surface area contributed by atoms with E-state index in [1.54, 1.807) is 0 Å². The number of sulfone groups is 1. The van der Waals surface area contributed by atoms with E-state index in [2.05, 4.69) is 6.92 Å². The fourth-order valence-electron chi connectivity index (χ4n) is 2.61. The molecule has 0 bridgehead atoms. The van der Waals surface area contributed by atoms with Crippen molar-refractivity contribution in [1.29, 1.82) is 0 Å². The highest BCUT2D eigenvalue weighted by atomic mass is 32.2. The zero-order valence-corrected chi connectivity index (χ0v) is 12.2. The van der Waals surface area contributed by atoms with E-state index in [-0.39, 0.29) is 17.4 Å². The first kappa shape index (κ1) is 14.5. The van der Waals surface area contributed by atoms with Gasteiger partial charge < -0.3 is 5.11 Å². The maximum atomic E-state index is 11.4. The molecule has 1 heterocycles. The predicted octanol–water partition coefficient (Wildman–Crippen LogP) is 2.50. The molecule has 0 amide bonds. The first-order valence-electron chi connectivity index (χ1n) is 6.99. The quantitative estimate of drug-likeness (QED) is 0.902. The monoisotopic (exact) mass is 282 g/mol. The van der Waals surface area contributed by atoms with Crippen molar-refractivity contribution in [3.63, 3.8) is 0 Å². The molecule has 1 saturated heterocycles. The van der Waals surface area contributed by atoms with Crippen LogP contribution in [0.25, 0.3) is 0 Å². The third-order valence-electron chi connectivity index (χ3n) is 3.85. The lowest BCUT2D eigenvalue weighted by atomic mass is 9.94. The van der Waals surface area contributed by atoms with Crippen molar-refractivity contribution >= 4 is 9.84 Å². The van der Waals surface area contributed by atoms with Gasteiger partial charge in [0.2, 0.25) is 0 Å². The lowest BCUT2D eigenvalue weighted by Gasteiger charge is -2.17. The van der Waals surface area contributed by atoms with Crippen molar-refractivity contribution in [2.75, 3.05) is 11.5 Å². The summed E-state index contributed by atoms with van der Waals surface area (Å²) in [7, 11) is -2.93. The van der Waals surface area contributed by atoms with Crippen LogP contribution in [0.1, 0.15) is 43.4 Å². The molecule has 1 aliphatic heterocycles. The highest BCUT2D eigenvalue weighted by molar-refractivity contribution is 7.91. The topological polar surface area (TPSA) is 54.4 Å². The van der Waals surface area contributed by atoms with Crippen LogP contribution in [0.5, 0.6) is 0 Å². The van der Waals surface area contributed by atoms with E-state index in [1.807, 2.05) is 24.3 Å². The second-order valence-corrected chi connectivity index (χ2v) is 7.68. The molecule has 106 valence electrons. The molecule has 2 unspecified atom stereocenters. The first-order valence-corrected chi connectivity index (χ1v) is 8.81. The van der Waals surface area contributed by atoms with Gasteiger partial charge in [-0.05, 0) is 30.4 Å². The molecule has 4 heteroatoms. The Morgan fingerprint density at radius 1 is 1.32 bits per heavy atom. The van der Waals surface area contributed by atoms with Crippen molar-refractivity contribution in [1.82, 2.24) is 0 Å². The Morgan fingerprint density at radius 2 is 2.00 bits per heavy atom. The summed E-state index contributed by atoms with van der Waals surface area (Å²) in [4.78, 5) is 0. The molecule has 0 saturated carbocycles. The second kappa shape index (κ2) is 6.06. The first-order chi connectivity index (χ1) is 9.02. The van der Waals surface area contributed by atoms with Gasteiger partial charge in [-0.25, -0.2) is 8.42 Å². The van der Waals surface area contributed by atoms with Gasteiger partial charge in [0.05, 0.1) is 17.6 Å². The van der Waals surface area contributed by atoms with Gasteiger partial charge in [-0.3, -0.25) is 0 Å². The van der Waals surface area contributed by atoms with Crippen LogP contribution >= 0.6 is 0 Å². The maximum absolute atomic E-state index is 11.4. The predicted molar refractivity (Wildman–Crippen MR) is 76.8 cm³/mol. The number of benzene rings is 1. The number of aliphatic hydroxyl groups excluding tert-OH is 1. The minimum atomic E-state index is -2.93. The van der Waals surface area contributed by atoms with Crippen molar-refractivity contribution in [2.24, 2.45) is 5.92 Å². The molecule has 1 N–H and O–H groups in total. The van der Waals surface area contributed by atoms with Crippen LogP contribution < -0.4 is 0 Å². The number of aliphatic hydroxyl groups is 1. The summed E-state index contributed by atoms with van der Waals surface area (Å²) in [5, 5.41) is 10.3. The van der Waals surface area contributed by atoms with Crippen LogP contribution in [-0.4, -0.2) is 25.0 Å². The fraction of sp³-hybridized carbons (Fsp3) is 0.600. The molecule has 0 aromatic heterocycles. The zero-order valence-electron chi connectivity index (χ0n) is 11.4. The van der Waals surface area contributed by atoms with Crippen molar-refractivity contribution in [3.05, 3.63) is 35.4 Å². The maximum Gasteiger partial charge on any atom is 0.150 e. The molecular formula is C15H22O3S. The van der Waals surface area contributed by atoms with Crippen LogP contribution in [0.15, 0.2) is 24.3 Å². The van der Waals surface area contributed by atoms with Gasteiger partial charge in [0.25, 0.3) is 0 Å². The van der Waals surface area contributed by atoms with Gasteiger partial charge in [0, 0.05) is 5.92 Å². The van der Waals surface area contributed by atoms with Gasteiger partial charge in [-0.1, -0.05) is 37.6 Å². The van der Waals surface area contributed by atoms with Crippen LogP contribution in [0, 0.1) is 5.92 Å². The van der Waals surface area contributed by atoms with E-state index >= 15 is 0 Å². The van der Waals surface area contributed by atoms with E-state index in [9.17, 15) is 13.5 Å². The Balaban J connectivity index is 2.01. The Hall–Kier alpha value is -0.870. The summed E-state index contributed by atoms with van der Waals surface area (Å²) in [5.41, 5.74) is 2.11. The number of rotatable bonds is 5. The largest absolute Gasteiger partial charge is 0.388 e. The smallest absolute Gasteiger partial charge is 0.150 e. The Bertz CT molecular complexity index is 505. The van der Waals surface area contributed by atoms with E-state index < -0.39 is 15.9 Å². The van der Waals surface area contributed by atoms with Crippen molar-refractivity contribution in [2.45, 2.75) is 38.7 Å². The molecule has 2 atom stereocenters. The van der Waals surface area contributed by atoms with Gasteiger partial charge >= 0.3 is 0 Å². The van der Waals surface area contributed by atoms with Crippen LogP contribution in [-0.2, 0) is 16.3 Å². The standard InChI is InChI=1S/C15H22O3S/c1-2-3-4-12-5-7-13(8-6-12)15(16)14-9-10-19(17,18)11-14/h5-8,14-16H,2-4,9-11H2,1H3. The van der Waals surface area contributed by atoms with Gasteiger partial charge in [-0.2, -0.15) is 0 Å². The summed E-state index contributed by atoms with van der Waals surface area (Å²) in [6.07, 6.45) is 3.32. The van der Waals surface area contributed by atoms with Gasteiger partial charge in [-0.15, -0.1) is 0 Å². The molecule has 19 heavy (non-hydrogen) atoms. The Kier molecular flexibility index (Phi) is 4.63. The van der Waals surface area contributed by atoms with E-state index in [0.29, 0.717) is 6.42 Å². The second-order valence-electron chi connectivity index (χ2n) is 5.45. The SMILES string of the molecule is CCCCc1ccc(C(O)C2CCS(=O)(=O)C2)cc1. The van der Waals surface area contributed by atoms with Crippen LogP contribution in [0.2, 0.25) is 0 Å².